The molecule has 0 aromatic heterocycles. The Morgan fingerprint density at radius 3 is 2.77 bits per heavy atom. The summed E-state index contributed by atoms with van der Waals surface area (Å²) in [7, 11) is 0. The van der Waals surface area contributed by atoms with Crippen molar-refractivity contribution in [2.45, 2.75) is 13.3 Å². The molecule has 2 aliphatic rings. The second-order valence-corrected chi connectivity index (χ2v) is 7.61. The number of nitrogens with zero attached hydrogens (tertiary/aromatic N) is 3. The zero-order chi connectivity index (χ0) is 18.7. The van der Waals surface area contributed by atoms with E-state index in [0.29, 0.717) is 53.3 Å². The SMILES string of the molecule is CCCN1C(=O)/C(=C\c2ccc(N3CCOCC3)c([N+](=O)[O-])c2)SC1=S. The molecule has 0 bridgehead atoms. The van der Waals surface area contributed by atoms with E-state index in [1.165, 1.54) is 17.8 Å². The van der Waals surface area contributed by atoms with Crippen molar-refractivity contribution in [2.24, 2.45) is 0 Å². The summed E-state index contributed by atoms with van der Waals surface area (Å²) in [5.74, 6) is -0.137. The van der Waals surface area contributed by atoms with Gasteiger partial charge < -0.3 is 9.64 Å². The topological polar surface area (TPSA) is 75.9 Å². The fourth-order valence-corrected chi connectivity index (χ4v) is 4.22. The van der Waals surface area contributed by atoms with Gasteiger partial charge in [0.05, 0.1) is 23.0 Å². The number of anilines is 1. The summed E-state index contributed by atoms with van der Waals surface area (Å²) in [4.78, 5) is 27.6. The van der Waals surface area contributed by atoms with Crippen LogP contribution in [0.1, 0.15) is 18.9 Å². The molecule has 0 spiro atoms. The van der Waals surface area contributed by atoms with Crippen molar-refractivity contribution < 1.29 is 14.5 Å². The predicted octanol–water partition coefficient (Wildman–Crippen LogP) is 3.04. The van der Waals surface area contributed by atoms with Gasteiger partial charge in [0.2, 0.25) is 0 Å². The number of ether oxygens (including phenoxy) is 1. The maximum atomic E-state index is 12.4. The summed E-state index contributed by atoms with van der Waals surface area (Å²) >= 11 is 6.49. The lowest BCUT2D eigenvalue weighted by molar-refractivity contribution is -0.384. The van der Waals surface area contributed by atoms with E-state index in [0.717, 1.165) is 6.42 Å². The molecule has 3 rings (SSSR count). The number of nitro groups is 1. The van der Waals surface area contributed by atoms with E-state index >= 15 is 0 Å². The summed E-state index contributed by atoms with van der Waals surface area (Å²) in [5, 5.41) is 11.5. The second kappa shape index (κ2) is 8.15. The van der Waals surface area contributed by atoms with Crippen molar-refractivity contribution in [1.29, 1.82) is 0 Å². The van der Waals surface area contributed by atoms with Crippen LogP contribution in [-0.2, 0) is 9.53 Å². The molecule has 0 aliphatic carbocycles. The summed E-state index contributed by atoms with van der Waals surface area (Å²) in [6.45, 7) is 4.91. The highest BCUT2D eigenvalue weighted by Gasteiger charge is 2.31. The van der Waals surface area contributed by atoms with E-state index in [2.05, 4.69) is 0 Å². The average molecular weight is 393 g/mol. The predicted molar refractivity (Wildman–Crippen MR) is 106 cm³/mol. The molecule has 1 aromatic carbocycles. The lowest BCUT2D eigenvalue weighted by atomic mass is 10.1. The van der Waals surface area contributed by atoms with Crippen LogP contribution in [0.5, 0.6) is 0 Å². The molecule has 9 heteroatoms. The van der Waals surface area contributed by atoms with Crippen LogP contribution in [0.15, 0.2) is 23.1 Å². The van der Waals surface area contributed by atoms with Crippen molar-refractivity contribution in [3.05, 3.63) is 38.8 Å². The van der Waals surface area contributed by atoms with E-state index in [1.54, 1.807) is 23.1 Å². The number of carbonyl (C=O) groups is 1. The Bertz CT molecular complexity index is 775. The van der Waals surface area contributed by atoms with Crippen LogP contribution in [-0.4, -0.2) is 52.9 Å². The molecular weight excluding hydrogens is 374 g/mol. The molecule has 0 atom stereocenters. The third-order valence-corrected chi connectivity index (χ3v) is 5.54. The molecule has 1 amide bonds. The molecule has 26 heavy (non-hydrogen) atoms. The van der Waals surface area contributed by atoms with Gasteiger partial charge >= 0.3 is 0 Å². The van der Waals surface area contributed by atoms with Gasteiger partial charge in [-0.1, -0.05) is 37.0 Å². The summed E-state index contributed by atoms with van der Waals surface area (Å²) in [6, 6.07) is 5.05. The van der Waals surface area contributed by atoms with Crippen LogP contribution in [0, 0.1) is 10.1 Å². The molecule has 1 aromatic rings. The highest BCUT2D eigenvalue weighted by molar-refractivity contribution is 8.26. The summed E-state index contributed by atoms with van der Waals surface area (Å²) in [6.07, 6.45) is 2.49. The summed E-state index contributed by atoms with van der Waals surface area (Å²) < 4.78 is 5.84. The molecule has 2 aliphatic heterocycles. The van der Waals surface area contributed by atoms with E-state index in [4.69, 9.17) is 17.0 Å². The van der Waals surface area contributed by atoms with Gasteiger partial charge in [-0.25, -0.2) is 0 Å². The molecule has 2 saturated heterocycles. The minimum Gasteiger partial charge on any atom is -0.378 e. The smallest absolute Gasteiger partial charge is 0.293 e. The molecule has 2 heterocycles. The zero-order valence-electron chi connectivity index (χ0n) is 14.3. The van der Waals surface area contributed by atoms with Crippen molar-refractivity contribution in [3.63, 3.8) is 0 Å². The number of thioether (sulfide) groups is 1. The number of hydrogen-bond acceptors (Lipinski definition) is 7. The van der Waals surface area contributed by atoms with E-state index in [9.17, 15) is 14.9 Å². The van der Waals surface area contributed by atoms with Crippen LogP contribution < -0.4 is 4.90 Å². The van der Waals surface area contributed by atoms with Gasteiger partial charge in [0, 0.05) is 25.7 Å². The Kier molecular flexibility index (Phi) is 5.90. The minimum atomic E-state index is -0.384. The number of carbonyl (C=O) groups excluding carboxylic acids is 1. The third-order valence-electron chi connectivity index (χ3n) is 4.17. The van der Waals surface area contributed by atoms with Gasteiger partial charge in [-0.3, -0.25) is 19.8 Å². The van der Waals surface area contributed by atoms with Gasteiger partial charge in [0.25, 0.3) is 11.6 Å². The molecule has 138 valence electrons. The number of morpholine rings is 1. The van der Waals surface area contributed by atoms with Crippen molar-refractivity contribution in [2.75, 3.05) is 37.7 Å². The minimum absolute atomic E-state index is 0.0321. The number of benzene rings is 1. The van der Waals surface area contributed by atoms with E-state index in [1.807, 2.05) is 11.8 Å². The molecular formula is C17H19N3O4S2. The maximum Gasteiger partial charge on any atom is 0.293 e. The number of rotatable bonds is 5. The third kappa shape index (κ3) is 3.89. The molecule has 0 N–H and O–H groups in total. The number of amides is 1. The molecule has 0 unspecified atom stereocenters. The Hall–Kier alpha value is -1.97. The fraction of sp³-hybridized carbons (Fsp3) is 0.412. The van der Waals surface area contributed by atoms with E-state index < -0.39 is 0 Å². The number of nitro benzene ring substituents is 1. The first-order valence-electron chi connectivity index (χ1n) is 8.37. The van der Waals surface area contributed by atoms with Crippen molar-refractivity contribution >= 4 is 51.7 Å². The highest BCUT2D eigenvalue weighted by atomic mass is 32.2. The average Bonchev–Trinajstić information content (AvgIpc) is 2.90. The normalized spacial score (nSPS) is 19.5. The van der Waals surface area contributed by atoms with Crippen molar-refractivity contribution in [1.82, 2.24) is 4.90 Å². The van der Waals surface area contributed by atoms with Crippen LogP contribution in [0.2, 0.25) is 0 Å². The molecule has 0 radical (unpaired) electrons. The van der Waals surface area contributed by atoms with Gasteiger partial charge in [-0.15, -0.1) is 0 Å². The molecule has 7 nitrogen and oxygen atoms in total. The highest BCUT2D eigenvalue weighted by Crippen LogP contribution is 2.35. The first-order valence-corrected chi connectivity index (χ1v) is 9.60. The Balaban J connectivity index is 1.89. The largest absolute Gasteiger partial charge is 0.378 e. The monoisotopic (exact) mass is 393 g/mol. The standard InChI is InChI=1S/C17H19N3O4S2/c1-2-5-19-16(21)15(26-17(19)25)11-12-3-4-13(14(10-12)20(22)23)18-6-8-24-9-7-18/h3-4,10-11H,2,5-9H2,1H3/b15-11+. The van der Waals surface area contributed by atoms with Crippen LogP contribution in [0.25, 0.3) is 6.08 Å². The lowest BCUT2D eigenvalue weighted by Gasteiger charge is -2.28. The first-order chi connectivity index (χ1) is 12.5. The lowest BCUT2D eigenvalue weighted by Crippen LogP contribution is -2.36. The van der Waals surface area contributed by atoms with Gasteiger partial charge in [0.1, 0.15) is 10.0 Å². The number of hydrogen-bond donors (Lipinski definition) is 0. The van der Waals surface area contributed by atoms with Crippen LogP contribution in [0.4, 0.5) is 11.4 Å². The van der Waals surface area contributed by atoms with Gasteiger partial charge in [-0.05, 0) is 24.1 Å². The van der Waals surface area contributed by atoms with E-state index in [-0.39, 0.29) is 16.5 Å². The molecule has 2 fully saturated rings. The molecule has 0 saturated carbocycles. The summed E-state index contributed by atoms with van der Waals surface area (Å²) in [5.41, 5.74) is 1.23. The first kappa shape index (κ1) is 18.8. The second-order valence-electron chi connectivity index (χ2n) is 5.94. The van der Waals surface area contributed by atoms with Gasteiger partial charge in [0.15, 0.2) is 0 Å². The quantitative estimate of drug-likeness (QED) is 0.329. The van der Waals surface area contributed by atoms with Crippen molar-refractivity contribution in [3.8, 4) is 0 Å². The van der Waals surface area contributed by atoms with Crippen LogP contribution >= 0.6 is 24.0 Å². The fourth-order valence-electron chi connectivity index (χ4n) is 2.92. The Morgan fingerprint density at radius 1 is 1.38 bits per heavy atom. The Labute approximate surface area is 161 Å². The van der Waals surface area contributed by atoms with Gasteiger partial charge in [-0.2, -0.15) is 0 Å². The zero-order valence-corrected chi connectivity index (χ0v) is 16.0. The maximum absolute atomic E-state index is 12.4. The number of thiocarbonyl (C=S) groups is 1. The Morgan fingerprint density at radius 2 is 2.12 bits per heavy atom. The van der Waals surface area contributed by atoms with Crippen LogP contribution in [0.3, 0.4) is 0 Å².